The molecule has 11 heteroatoms. The van der Waals surface area contributed by atoms with Gasteiger partial charge in [0.25, 0.3) is 0 Å². The van der Waals surface area contributed by atoms with E-state index in [0.717, 1.165) is 6.07 Å². The van der Waals surface area contributed by atoms with Crippen LogP contribution in [0.3, 0.4) is 0 Å². The summed E-state index contributed by atoms with van der Waals surface area (Å²) >= 11 is 0. The third kappa shape index (κ3) is 3.98. The summed E-state index contributed by atoms with van der Waals surface area (Å²) in [6.07, 6.45) is 5.05. The van der Waals surface area contributed by atoms with Gasteiger partial charge in [0.15, 0.2) is 0 Å². The van der Waals surface area contributed by atoms with Crippen LogP contribution in [0.15, 0.2) is 35.1 Å². The lowest BCUT2D eigenvalue weighted by molar-refractivity contribution is 0.103. The molecule has 3 N–H and O–H groups in total. The van der Waals surface area contributed by atoms with E-state index in [0.29, 0.717) is 31.3 Å². The number of nitrogen functional groups attached to an aromatic ring is 1. The van der Waals surface area contributed by atoms with Crippen molar-refractivity contribution in [1.82, 2.24) is 14.3 Å². The Kier molecular flexibility index (Phi) is 5.16. The van der Waals surface area contributed by atoms with Gasteiger partial charge in [-0.25, -0.2) is 22.1 Å². The number of carbonyl (C=O) groups is 1. The number of ketones is 1. The molecule has 9 nitrogen and oxygen atoms in total. The highest BCUT2D eigenvalue weighted by atomic mass is 32.2. The van der Waals surface area contributed by atoms with Gasteiger partial charge in [0.2, 0.25) is 21.8 Å². The Labute approximate surface area is 172 Å². The highest BCUT2D eigenvalue weighted by Crippen LogP contribution is 2.26. The largest absolute Gasteiger partial charge is 0.464 e. The van der Waals surface area contributed by atoms with E-state index >= 15 is 0 Å². The predicted octanol–water partition coefficient (Wildman–Crippen LogP) is 2.01. The first kappa shape index (κ1) is 20.2. The quantitative estimate of drug-likeness (QED) is 0.584. The molecule has 2 aromatic heterocycles. The van der Waals surface area contributed by atoms with Crippen molar-refractivity contribution in [3.8, 4) is 0 Å². The third-order valence-electron chi connectivity index (χ3n) is 5.08. The van der Waals surface area contributed by atoms with Gasteiger partial charge < -0.3 is 15.5 Å². The van der Waals surface area contributed by atoms with E-state index in [4.69, 9.17) is 10.2 Å². The van der Waals surface area contributed by atoms with Crippen molar-refractivity contribution in [2.45, 2.75) is 18.9 Å². The molecule has 1 fully saturated rings. The molecule has 1 aliphatic rings. The first-order valence-corrected chi connectivity index (χ1v) is 11.1. The summed E-state index contributed by atoms with van der Waals surface area (Å²) in [6.45, 7) is 0.808. The SMILES string of the molecule is CS(=O)(=O)N1CCC(Nc2ncc(C(=O)c3cc(F)cc4ccoc34)c(N)n2)CC1. The van der Waals surface area contributed by atoms with E-state index in [1.807, 2.05) is 0 Å². The molecule has 1 saturated heterocycles. The lowest BCUT2D eigenvalue weighted by atomic mass is 10.0. The van der Waals surface area contributed by atoms with Crippen LogP contribution >= 0.6 is 0 Å². The minimum absolute atomic E-state index is 0.0186. The van der Waals surface area contributed by atoms with Crippen LogP contribution in [0.5, 0.6) is 0 Å². The number of benzene rings is 1. The number of furan rings is 1. The number of aromatic nitrogens is 2. The lowest BCUT2D eigenvalue weighted by Gasteiger charge is -2.30. The maximum absolute atomic E-state index is 13.9. The number of nitrogens with zero attached hydrogens (tertiary/aromatic N) is 3. The second kappa shape index (κ2) is 7.65. The Balaban J connectivity index is 1.51. The molecule has 3 aromatic rings. The monoisotopic (exact) mass is 433 g/mol. The van der Waals surface area contributed by atoms with Gasteiger partial charge in [-0.05, 0) is 31.0 Å². The van der Waals surface area contributed by atoms with Gasteiger partial charge >= 0.3 is 0 Å². The molecular formula is C19H20FN5O4S. The number of nitrogens with one attached hydrogen (secondary N) is 1. The normalized spacial score (nSPS) is 16.1. The summed E-state index contributed by atoms with van der Waals surface area (Å²) in [5.74, 6) is -0.912. The standard InChI is InChI=1S/C19H20FN5O4S/c1-30(27,28)25-5-2-13(3-6-25)23-19-22-10-15(18(21)24-19)16(26)14-9-12(20)8-11-4-7-29-17(11)14/h4,7-10,13H,2-3,5-6H2,1H3,(H3,21,22,23,24). The number of hydrogen-bond acceptors (Lipinski definition) is 8. The Morgan fingerprint density at radius 3 is 2.70 bits per heavy atom. The molecule has 30 heavy (non-hydrogen) atoms. The highest BCUT2D eigenvalue weighted by Gasteiger charge is 2.26. The molecule has 4 rings (SSSR count). The summed E-state index contributed by atoms with van der Waals surface area (Å²) in [7, 11) is -3.20. The fraction of sp³-hybridized carbons (Fsp3) is 0.316. The zero-order chi connectivity index (χ0) is 21.5. The van der Waals surface area contributed by atoms with Gasteiger partial charge in [-0.1, -0.05) is 0 Å². The second-order valence-electron chi connectivity index (χ2n) is 7.19. The van der Waals surface area contributed by atoms with Gasteiger partial charge in [0.1, 0.15) is 17.2 Å². The van der Waals surface area contributed by atoms with Crippen molar-refractivity contribution < 1.29 is 22.0 Å². The minimum Gasteiger partial charge on any atom is -0.464 e. The molecular weight excluding hydrogens is 413 g/mol. The molecule has 0 bridgehead atoms. The molecule has 0 atom stereocenters. The molecule has 0 amide bonds. The number of anilines is 2. The van der Waals surface area contributed by atoms with Crippen molar-refractivity contribution in [3.63, 3.8) is 0 Å². The summed E-state index contributed by atoms with van der Waals surface area (Å²) < 4.78 is 43.8. The van der Waals surface area contributed by atoms with E-state index in [1.165, 1.54) is 29.1 Å². The van der Waals surface area contributed by atoms with Crippen LogP contribution in [0.25, 0.3) is 11.0 Å². The Morgan fingerprint density at radius 2 is 2.03 bits per heavy atom. The van der Waals surface area contributed by atoms with Gasteiger partial charge in [-0.2, -0.15) is 4.98 Å². The Bertz CT molecular complexity index is 1220. The van der Waals surface area contributed by atoms with Crippen LogP contribution in [0.4, 0.5) is 16.2 Å². The Hall–Kier alpha value is -3.05. The number of sulfonamides is 1. The fourth-order valence-corrected chi connectivity index (χ4v) is 4.39. The average molecular weight is 433 g/mol. The first-order chi connectivity index (χ1) is 14.2. The van der Waals surface area contributed by atoms with Crippen molar-refractivity contribution in [1.29, 1.82) is 0 Å². The van der Waals surface area contributed by atoms with Gasteiger partial charge in [-0.3, -0.25) is 4.79 Å². The number of piperidine rings is 1. The van der Waals surface area contributed by atoms with Gasteiger partial charge in [0.05, 0.1) is 23.6 Å². The predicted molar refractivity (Wildman–Crippen MR) is 109 cm³/mol. The molecule has 158 valence electrons. The molecule has 0 unspecified atom stereocenters. The summed E-state index contributed by atoms with van der Waals surface area (Å²) in [6, 6.07) is 3.92. The van der Waals surface area contributed by atoms with Crippen LogP contribution in [0.2, 0.25) is 0 Å². The van der Waals surface area contributed by atoms with Crippen molar-refractivity contribution in [3.05, 3.63) is 47.6 Å². The minimum atomic E-state index is -3.20. The maximum Gasteiger partial charge on any atom is 0.224 e. The molecule has 0 spiro atoms. The van der Waals surface area contributed by atoms with Crippen LogP contribution in [-0.2, 0) is 10.0 Å². The van der Waals surface area contributed by atoms with Crippen molar-refractivity contribution >= 4 is 38.5 Å². The van der Waals surface area contributed by atoms with E-state index in [2.05, 4.69) is 15.3 Å². The van der Waals surface area contributed by atoms with E-state index in [1.54, 1.807) is 6.07 Å². The first-order valence-electron chi connectivity index (χ1n) is 9.28. The molecule has 0 radical (unpaired) electrons. The van der Waals surface area contributed by atoms with E-state index < -0.39 is 21.6 Å². The Morgan fingerprint density at radius 1 is 1.30 bits per heavy atom. The van der Waals surface area contributed by atoms with Gasteiger partial charge in [0, 0.05) is 30.7 Å². The van der Waals surface area contributed by atoms with Crippen LogP contribution in [-0.4, -0.2) is 53.9 Å². The van der Waals surface area contributed by atoms with Crippen molar-refractivity contribution in [2.75, 3.05) is 30.4 Å². The zero-order valence-corrected chi connectivity index (χ0v) is 16.9. The number of carbonyl (C=O) groups excluding carboxylic acids is 1. The molecule has 1 aliphatic heterocycles. The van der Waals surface area contributed by atoms with Gasteiger partial charge in [-0.15, -0.1) is 0 Å². The number of hydrogen-bond donors (Lipinski definition) is 2. The topological polar surface area (TPSA) is 131 Å². The van der Waals surface area contributed by atoms with E-state index in [9.17, 15) is 17.6 Å². The molecule has 0 aliphatic carbocycles. The fourth-order valence-electron chi connectivity index (χ4n) is 3.51. The number of halogens is 1. The smallest absolute Gasteiger partial charge is 0.224 e. The lowest BCUT2D eigenvalue weighted by Crippen LogP contribution is -2.42. The number of fused-ring (bicyclic) bond motifs is 1. The highest BCUT2D eigenvalue weighted by molar-refractivity contribution is 7.88. The molecule has 0 saturated carbocycles. The second-order valence-corrected chi connectivity index (χ2v) is 9.18. The number of nitrogens with two attached hydrogens (primary N) is 1. The third-order valence-corrected chi connectivity index (χ3v) is 6.38. The van der Waals surface area contributed by atoms with Crippen LogP contribution in [0.1, 0.15) is 28.8 Å². The van der Waals surface area contributed by atoms with Crippen LogP contribution in [0, 0.1) is 5.82 Å². The van der Waals surface area contributed by atoms with Crippen molar-refractivity contribution in [2.24, 2.45) is 0 Å². The van der Waals surface area contributed by atoms with Crippen LogP contribution < -0.4 is 11.1 Å². The summed E-state index contributed by atoms with van der Waals surface area (Å²) in [5, 5.41) is 3.59. The summed E-state index contributed by atoms with van der Waals surface area (Å²) in [5.41, 5.74) is 6.32. The average Bonchev–Trinajstić information content (AvgIpc) is 3.15. The zero-order valence-electron chi connectivity index (χ0n) is 16.1. The molecule has 3 heterocycles. The summed E-state index contributed by atoms with van der Waals surface area (Å²) in [4.78, 5) is 21.2. The number of rotatable bonds is 5. The van der Waals surface area contributed by atoms with E-state index in [-0.39, 0.29) is 34.5 Å². The molecule has 1 aromatic carbocycles. The maximum atomic E-state index is 13.9.